The number of anilines is 1. The fraction of sp³-hybridized carbons (Fsp3) is 0.208. The molecule has 1 amide bonds. The highest BCUT2D eigenvalue weighted by Crippen LogP contribution is 2.42. The largest absolute Gasteiger partial charge is 0.506 e. The lowest BCUT2D eigenvalue weighted by Gasteiger charge is -2.21. The number of nitrogens with one attached hydrogen (secondary N) is 1. The Labute approximate surface area is 182 Å². The average Bonchev–Trinajstić information content (AvgIpc) is 2.76. The maximum Gasteiger partial charge on any atom is 0.255 e. The SMILES string of the molecule is COc1ccc(C(=O)Nc2cc(C)c(O)c(S(=O)(=O)c3ccccc3)c2C(C)C)cc1. The summed E-state index contributed by atoms with van der Waals surface area (Å²) < 4.78 is 32.0. The minimum atomic E-state index is -4.02. The van der Waals surface area contributed by atoms with Crippen LogP contribution in [0.4, 0.5) is 5.69 Å². The van der Waals surface area contributed by atoms with Gasteiger partial charge in [0.15, 0.2) is 0 Å². The maximum atomic E-state index is 13.4. The molecule has 0 unspecified atom stereocenters. The Morgan fingerprint density at radius 1 is 1.03 bits per heavy atom. The second-order valence-electron chi connectivity index (χ2n) is 7.49. The van der Waals surface area contributed by atoms with Gasteiger partial charge in [-0.25, -0.2) is 8.42 Å². The lowest BCUT2D eigenvalue weighted by molar-refractivity contribution is 0.102. The molecule has 0 fully saturated rings. The van der Waals surface area contributed by atoms with Crippen LogP contribution in [0.3, 0.4) is 0 Å². The van der Waals surface area contributed by atoms with E-state index < -0.39 is 15.7 Å². The van der Waals surface area contributed by atoms with Crippen LogP contribution in [0.2, 0.25) is 0 Å². The van der Waals surface area contributed by atoms with Gasteiger partial charge in [-0.15, -0.1) is 0 Å². The number of benzene rings is 3. The first-order chi connectivity index (χ1) is 14.7. The van der Waals surface area contributed by atoms with E-state index in [1.807, 2.05) is 13.8 Å². The van der Waals surface area contributed by atoms with Crippen LogP contribution >= 0.6 is 0 Å². The molecule has 0 bridgehead atoms. The summed E-state index contributed by atoms with van der Waals surface area (Å²) in [6.07, 6.45) is 0. The molecule has 3 aromatic carbocycles. The van der Waals surface area contributed by atoms with E-state index in [0.29, 0.717) is 28.1 Å². The molecule has 0 radical (unpaired) electrons. The quantitative estimate of drug-likeness (QED) is 0.532. The third kappa shape index (κ3) is 4.41. The number of aryl methyl sites for hydroxylation is 1. The fourth-order valence-electron chi connectivity index (χ4n) is 3.39. The molecule has 6 nitrogen and oxygen atoms in total. The zero-order valence-electron chi connectivity index (χ0n) is 17.8. The number of phenolic OH excluding ortho intramolecular Hbond substituents is 1. The highest BCUT2D eigenvalue weighted by molar-refractivity contribution is 7.91. The minimum Gasteiger partial charge on any atom is -0.506 e. The third-order valence-corrected chi connectivity index (χ3v) is 6.83. The number of methoxy groups -OCH3 is 1. The van der Waals surface area contributed by atoms with Crippen molar-refractivity contribution in [3.05, 3.63) is 77.4 Å². The lowest BCUT2D eigenvalue weighted by atomic mass is 9.98. The summed E-state index contributed by atoms with van der Waals surface area (Å²) in [5.41, 5.74) is 1.45. The van der Waals surface area contributed by atoms with E-state index in [0.717, 1.165) is 0 Å². The van der Waals surface area contributed by atoms with Gasteiger partial charge >= 0.3 is 0 Å². The number of phenols is 1. The molecule has 0 aliphatic carbocycles. The van der Waals surface area contributed by atoms with Crippen molar-refractivity contribution in [2.45, 2.75) is 36.5 Å². The first-order valence-electron chi connectivity index (χ1n) is 9.78. The first-order valence-corrected chi connectivity index (χ1v) is 11.3. The predicted molar refractivity (Wildman–Crippen MR) is 120 cm³/mol. The summed E-state index contributed by atoms with van der Waals surface area (Å²) >= 11 is 0. The molecule has 7 heteroatoms. The van der Waals surface area contributed by atoms with E-state index in [2.05, 4.69) is 5.32 Å². The van der Waals surface area contributed by atoms with Gasteiger partial charge in [0.05, 0.1) is 12.0 Å². The molecule has 0 aliphatic heterocycles. The molecule has 2 N–H and O–H groups in total. The Balaban J connectivity index is 2.15. The van der Waals surface area contributed by atoms with Crippen molar-refractivity contribution in [1.82, 2.24) is 0 Å². The number of aromatic hydroxyl groups is 1. The summed E-state index contributed by atoms with van der Waals surface area (Å²) in [4.78, 5) is 12.7. The van der Waals surface area contributed by atoms with Gasteiger partial charge in [0, 0.05) is 16.8 Å². The number of rotatable bonds is 6. The van der Waals surface area contributed by atoms with Crippen LogP contribution in [0, 0.1) is 6.92 Å². The van der Waals surface area contributed by atoms with E-state index in [4.69, 9.17) is 4.74 Å². The van der Waals surface area contributed by atoms with Gasteiger partial charge < -0.3 is 15.2 Å². The van der Waals surface area contributed by atoms with Crippen molar-refractivity contribution in [2.75, 3.05) is 12.4 Å². The van der Waals surface area contributed by atoms with E-state index in [9.17, 15) is 18.3 Å². The standard InChI is InChI=1S/C24H25NO5S/c1-15(2)21-20(25-24(27)17-10-12-18(30-4)13-11-17)14-16(3)22(26)23(21)31(28,29)19-8-6-5-7-9-19/h5-15,26H,1-4H3,(H,25,27). The van der Waals surface area contributed by atoms with Crippen LogP contribution in [0.15, 0.2) is 70.5 Å². The Morgan fingerprint density at radius 3 is 2.19 bits per heavy atom. The summed E-state index contributed by atoms with van der Waals surface area (Å²) in [5, 5.41) is 13.6. The highest BCUT2D eigenvalue weighted by Gasteiger charge is 2.30. The number of ether oxygens (including phenoxy) is 1. The molecule has 0 saturated carbocycles. The molecule has 0 heterocycles. The van der Waals surface area contributed by atoms with E-state index in [1.165, 1.54) is 19.2 Å². The van der Waals surface area contributed by atoms with Crippen LogP contribution in [0.25, 0.3) is 0 Å². The van der Waals surface area contributed by atoms with Crippen molar-refractivity contribution in [3.8, 4) is 11.5 Å². The molecular formula is C24H25NO5S. The van der Waals surface area contributed by atoms with Crippen molar-refractivity contribution >= 4 is 21.4 Å². The number of amides is 1. The molecule has 31 heavy (non-hydrogen) atoms. The van der Waals surface area contributed by atoms with Crippen molar-refractivity contribution < 1.29 is 23.1 Å². The van der Waals surface area contributed by atoms with E-state index in [1.54, 1.807) is 55.5 Å². The van der Waals surface area contributed by atoms with Crippen molar-refractivity contribution in [3.63, 3.8) is 0 Å². The predicted octanol–water partition coefficient (Wildman–Crippen LogP) is 4.92. The molecule has 0 saturated heterocycles. The fourth-order valence-corrected chi connectivity index (χ4v) is 5.20. The maximum absolute atomic E-state index is 13.4. The number of sulfone groups is 1. The molecule has 162 valence electrons. The topological polar surface area (TPSA) is 92.7 Å². The van der Waals surface area contributed by atoms with Crippen LogP contribution in [0.5, 0.6) is 11.5 Å². The lowest BCUT2D eigenvalue weighted by Crippen LogP contribution is -2.16. The summed E-state index contributed by atoms with van der Waals surface area (Å²) in [6.45, 7) is 5.24. The molecule has 3 aromatic rings. The zero-order chi connectivity index (χ0) is 22.8. The van der Waals surface area contributed by atoms with Gasteiger partial charge in [0.25, 0.3) is 5.91 Å². The number of carbonyl (C=O) groups is 1. The van der Waals surface area contributed by atoms with Gasteiger partial charge in [-0.05, 0) is 60.9 Å². The molecular weight excluding hydrogens is 414 g/mol. The second-order valence-corrected chi connectivity index (χ2v) is 9.37. The summed E-state index contributed by atoms with van der Waals surface area (Å²) in [7, 11) is -2.48. The number of hydrogen-bond acceptors (Lipinski definition) is 5. The van der Waals surface area contributed by atoms with Gasteiger partial charge in [0.2, 0.25) is 9.84 Å². The second kappa shape index (κ2) is 8.81. The summed E-state index contributed by atoms with van der Waals surface area (Å²) in [6, 6.07) is 16.1. The molecule has 0 aliphatic rings. The molecule has 0 aromatic heterocycles. The van der Waals surface area contributed by atoms with Crippen LogP contribution < -0.4 is 10.1 Å². The first kappa shape index (κ1) is 22.4. The van der Waals surface area contributed by atoms with Gasteiger partial charge in [-0.2, -0.15) is 0 Å². The zero-order valence-corrected chi connectivity index (χ0v) is 18.7. The Kier molecular flexibility index (Phi) is 6.36. The molecule has 0 spiro atoms. The summed E-state index contributed by atoms with van der Waals surface area (Å²) in [5.74, 6) is -0.366. The Hall–Kier alpha value is -3.32. The van der Waals surface area contributed by atoms with Gasteiger partial charge in [0.1, 0.15) is 16.4 Å². The van der Waals surface area contributed by atoms with Crippen LogP contribution in [-0.4, -0.2) is 26.5 Å². The normalized spacial score (nSPS) is 11.4. The van der Waals surface area contributed by atoms with Crippen LogP contribution in [-0.2, 0) is 9.84 Å². The van der Waals surface area contributed by atoms with Crippen molar-refractivity contribution in [2.24, 2.45) is 0 Å². The Bertz CT molecular complexity index is 1200. The molecule has 0 atom stereocenters. The number of hydrogen-bond donors (Lipinski definition) is 2. The minimum absolute atomic E-state index is 0.0743. The highest BCUT2D eigenvalue weighted by atomic mass is 32.2. The molecule has 3 rings (SSSR count). The number of carbonyl (C=O) groups excluding carboxylic acids is 1. The van der Waals surface area contributed by atoms with E-state index in [-0.39, 0.29) is 21.5 Å². The third-order valence-electron chi connectivity index (χ3n) is 4.98. The Morgan fingerprint density at radius 2 is 1.65 bits per heavy atom. The van der Waals surface area contributed by atoms with Crippen molar-refractivity contribution in [1.29, 1.82) is 0 Å². The smallest absolute Gasteiger partial charge is 0.255 e. The average molecular weight is 440 g/mol. The monoisotopic (exact) mass is 439 g/mol. The van der Waals surface area contributed by atoms with Crippen LogP contribution in [0.1, 0.15) is 41.3 Å². The van der Waals surface area contributed by atoms with Gasteiger partial charge in [-0.3, -0.25) is 4.79 Å². The van der Waals surface area contributed by atoms with E-state index >= 15 is 0 Å². The van der Waals surface area contributed by atoms with Gasteiger partial charge in [-0.1, -0.05) is 32.0 Å².